The second-order valence-corrected chi connectivity index (χ2v) is 5.55. The highest BCUT2D eigenvalue weighted by atomic mass is 16.5. The van der Waals surface area contributed by atoms with Crippen molar-refractivity contribution in [1.82, 2.24) is 4.90 Å². The van der Waals surface area contributed by atoms with Gasteiger partial charge in [-0.05, 0) is 50.0 Å². The fraction of sp³-hybridized carbons (Fsp3) is 0.562. The third kappa shape index (κ3) is 5.12. The Bertz CT molecular complexity index is 441. The van der Waals surface area contributed by atoms with Gasteiger partial charge in [0.15, 0.2) is 0 Å². The number of hydrogen-bond donors (Lipinski definition) is 2. The summed E-state index contributed by atoms with van der Waals surface area (Å²) < 4.78 is 4.87. The Kier molecular flexibility index (Phi) is 6.17. The molecule has 5 heteroatoms. The second-order valence-electron chi connectivity index (χ2n) is 5.55. The zero-order valence-corrected chi connectivity index (χ0v) is 12.7. The van der Waals surface area contributed by atoms with Gasteiger partial charge < -0.3 is 20.7 Å². The van der Waals surface area contributed by atoms with Crippen molar-refractivity contribution in [2.24, 2.45) is 5.73 Å². The first kappa shape index (κ1) is 15.9. The van der Waals surface area contributed by atoms with E-state index in [1.807, 2.05) is 12.1 Å². The number of nitrogens with zero attached hydrogens (tertiary/aromatic N) is 1. The van der Waals surface area contributed by atoms with Crippen LogP contribution >= 0.6 is 0 Å². The Morgan fingerprint density at radius 2 is 2.00 bits per heavy atom. The van der Waals surface area contributed by atoms with Gasteiger partial charge in [-0.1, -0.05) is 12.1 Å². The molecule has 0 bridgehead atoms. The van der Waals surface area contributed by atoms with Crippen LogP contribution in [0.25, 0.3) is 0 Å². The van der Waals surface area contributed by atoms with Gasteiger partial charge in [0.05, 0.1) is 6.61 Å². The summed E-state index contributed by atoms with van der Waals surface area (Å²) in [4.78, 5) is 14.3. The second kappa shape index (κ2) is 8.12. The molecule has 0 saturated carbocycles. The number of carbonyl (C=O) groups is 1. The van der Waals surface area contributed by atoms with Gasteiger partial charge in [0.2, 0.25) is 5.91 Å². The minimum atomic E-state index is -0.634. The number of carbonyl (C=O) groups excluding carboxylic acids is 1. The molecule has 1 atom stereocenters. The number of methoxy groups -OCH3 is 1. The van der Waals surface area contributed by atoms with E-state index in [2.05, 4.69) is 22.3 Å². The molecule has 116 valence electrons. The summed E-state index contributed by atoms with van der Waals surface area (Å²) >= 11 is 0. The molecular weight excluding hydrogens is 266 g/mol. The van der Waals surface area contributed by atoms with Gasteiger partial charge in [-0.25, -0.2) is 0 Å². The molecule has 0 aliphatic carbocycles. The fourth-order valence-electron chi connectivity index (χ4n) is 2.54. The molecule has 1 aliphatic rings. The Morgan fingerprint density at radius 1 is 1.33 bits per heavy atom. The molecule has 0 aromatic heterocycles. The Balaban J connectivity index is 1.79. The highest BCUT2D eigenvalue weighted by molar-refractivity contribution is 5.94. The molecule has 1 aromatic rings. The molecule has 1 aliphatic heterocycles. The average molecular weight is 291 g/mol. The summed E-state index contributed by atoms with van der Waals surface area (Å²) in [5.41, 5.74) is 7.75. The van der Waals surface area contributed by atoms with Gasteiger partial charge in [0.25, 0.3) is 0 Å². The Morgan fingerprint density at radius 3 is 2.62 bits per heavy atom. The number of amides is 1. The molecule has 5 nitrogen and oxygen atoms in total. The van der Waals surface area contributed by atoms with E-state index in [-0.39, 0.29) is 12.5 Å². The first-order chi connectivity index (χ1) is 10.2. The maximum atomic E-state index is 11.8. The van der Waals surface area contributed by atoms with Crippen molar-refractivity contribution in [2.75, 3.05) is 38.7 Å². The van der Waals surface area contributed by atoms with E-state index in [0.29, 0.717) is 0 Å². The molecule has 0 radical (unpaired) electrons. The van der Waals surface area contributed by atoms with Crippen LogP contribution in [0.1, 0.15) is 18.4 Å². The first-order valence-electron chi connectivity index (χ1n) is 7.55. The van der Waals surface area contributed by atoms with Crippen LogP contribution in [0.4, 0.5) is 5.69 Å². The number of anilines is 1. The van der Waals surface area contributed by atoms with Gasteiger partial charge in [-0.2, -0.15) is 0 Å². The van der Waals surface area contributed by atoms with E-state index in [1.54, 1.807) is 0 Å². The number of hydrogen-bond acceptors (Lipinski definition) is 4. The van der Waals surface area contributed by atoms with Crippen molar-refractivity contribution in [3.05, 3.63) is 29.8 Å². The summed E-state index contributed by atoms with van der Waals surface area (Å²) in [6.07, 6.45) is 3.71. The quantitative estimate of drug-likeness (QED) is 0.793. The van der Waals surface area contributed by atoms with Crippen molar-refractivity contribution in [1.29, 1.82) is 0 Å². The zero-order valence-electron chi connectivity index (χ0n) is 12.7. The van der Waals surface area contributed by atoms with Gasteiger partial charge in [-0.15, -0.1) is 0 Å². The van der Waals surface area contributed by atoms with Crippen molar-refractivity contribution in [3.8, 4) is 0 Å². The van der Waals surface area contributed by atoms with Crippen LogP contribution in [0.2, 0.25) is 0 Å². The lowest BCUT2D eigenvalue weighted by atomic mass is 10.1. The number of nitrogens with two attached hydrogens (primary N) is 1. The number of nitrogens with one attached hydrogen (secondary N) is 1. The number of likely N-dealkylation sites (tertiary alicyclic amines) is 1. The molecule has 1 amide bonds. The molecule has 2 rings (SSSR count). The van der Waals surface area contributed by atoms with Crippen LogP contribution in [0.3, 0.4) is 0 Å². The van der Waals surface area contributed by atoms with E-state index in [9.17, 15) is 4.79 Å². The van der Waals surface area contributed by atoms with Gasteiger partial charge in [0.1, 0.15) is 6.04 Å². The smallest absolute Gasteiger partial charge is 0.243 e. The highest BCUT2D eigenvalue weighted by Gasteiger charge is 2.13. The largest absolute Gasteiger partial charge is 0.383 e. The predicted octanol–water partition coefficient (Wildman–Crippen LogP) is 1.24. The van der Waals surface area contributed by atoms with Crippen LogP contribution in [-0.4, -0.2) is 50.2 Å². The molecule has 1 saturated heterocycles. The molecule has 1 unspecified atom stereocenters. The molecule has 1 fully saturated rings. The molecule has 1 aromatic carbocycles. The minimum Gasteiger partial charge on any atom is -0.383 e. The standard InChI is InChI=1S/C16H25N3O2/c1-21-12-15(17)16(20)18-14-6-4-13(5-7-14)8-11-19-9-2-3-10-19/h4-7,15H,2-3,8-12,17H2,1H3,(H,18,20). The van der Waals surface area contributed by atoms with E-state index in [1.165, 1.54) is 38.6 Å². The topological polar surface area (TPSA) is 67.6 Å². The predicted molar refractivity (Wildman–Crippen MR) is 84.3 cm³/mol. The van der Waals surface area contributed by atoms with Crippen LogP contribution in [0.5, 0.6) is 0 Å². The third-order valence-electron chi connectivity index (χ3n) is 3.82. The lowest BCUT2D eigenvalue weighted by Crippen LogP contribution is -2.39. The van der Waals surface area contributed by atoms with E-state index in [4.69, 9.17) is 10.5 Å². The van der Waals surface area contributed by atoms with Crippen molar-refractivity contribution in [3.63, 3.8) is 0 Å². The third-order valence-corrected chi connectivity index (χ3v) is 3.82. The van der Waals surface area contributed by atoms with Crippen molar-refractivity contribution < 1.29 is 9.53 Å². The lowest BCUT2D eigenvalue weighted by molar-refractivity contribution is -0.118. The zero-order chi connectivity index (χ0) is 15.1. The SMILES string of the molecule is COCC(N)C(=O)Nc1ccc(CCN2CCCC2)cc1. The van der Waals surface area contributed by atoms with Crippen LogP contribution in [0.15, 0.2) is 24.3 Å². The summed E-state index contributed by atoms with van der Waals surface area (Å²) in [6, 6.07) is 7.35. The van der Waals surface area contributed by atoms with Crippen LogP contribution < -0.4 is 11.1 Å². The van der Waals surface area contributed by atoms with Crippen LogP contribution in [0, 0.1) is 0 Å². The summed E-state index contributed by atoms with van der Waals surface area (Å²) in [6.45, 7) is 3.79. The molecule has 0 spiro atoms. The maximum absolute atomic E-state index is 11.8. The van der Waals surface area contributed by atoms with E-state index < -0.39 is 6.04 Å². The Hall–Kier alpha value is -1.43. The van der Waals surface area contributed by atoms with Gasteiger partial charge in [0, 0.05) is 19.3 Å². The van der Waals surface area contributed by atoms with Gasteiger partial charge in [-0.3, -0.25) is 4.79 Å². The lowest BCUT2D eigenvalue weighted by Gasteiger charge is -2.14. The monoisotopic (exact) mass is 291 g/mol. The van der Waals surface area contributed by atoms with E-state index >= 15 is 0 Å². The molecule has 1 heterocycles. The summed E-state index contributed by atoms with van der Waals surface area (Å²) in [7, 11) is 1.53. The van der Waals surface area contributed by atoms with Crippen molar-refractivity contribution in [2.45, 2.75) is 25.3 Å². The highest BCUT2D eigenvalue weighted by Crippen LogP contribution is 2.12. The molecule has 21 heavy (non-hydrogen) atoms. The fourth-order valence-corrected chi connectivity index (χ4v) is 2.54. The minimum absolute atomic E-state index is 0.221. The normalized spacial score (nSPS) is 16.9. The molecule has 3 N–H and O–H groups in total. The number of ether oxygens (including phenoxy) is 1. The number of rotatable bonds is 7. The summed E-state index contributed by atoms with van der Waals surface area (Å²) in [5, 5.41) is 2.80. The van der Waals surface area contributed by atoms with E-state index in [0.717, 1.165) is 18.7 Å². The first-order valence-corrected chi connectivity index (χ1v) is 7.55. The summed E-state index contributed by atoms with van der Waals surface area (Å²) in [5.74, 6) is -0.221. The average Bonchev–Trinajstić information content (AvgIpc) is 3.00. The van der Waals surface area contributed by atoms with Gasteiger partial charge >= 0.3 is 0 Å². The van der Waals surface area contributed by atoms with Crippen LogP contribution in [-0.2, 0) is 16.0 Å². The van der Waals surface area contributed by atoms with Crippen molar-refractivity contribution >= 4 is 11.6 Å². The number of benzene rings is 1. The Labute approximate surface area is 126 Å². The molecular formula is C16H25N3O2. The maximum Gasteiger partial charge on any atom is 0.243 e.